The molecule has 3 aromatic heterocycles. The van der Waals surface area contributed by atoms with Crippen LogP contribution in [0.4, 0.5) is 0 Å². The second-order valence-corrected chi connectivity index (χ2v) is 5.19. The largest absolute Gasteiger partial charge is 0.466 e. The molecule has 1 N–H and O–H groups in total. The highest BCUT2D eigenvalue weighted by Crippen LogP contribution is 2.30. The molecule has 1 amide bonds. The van der Waals surface area contributed by atoms with Crippen molar-refractivity contribution in [2.24, 2.45) is 0 Å². The molecule has 0 aromatic carbocycles. The van der Waals surface area contributed by atoms with E-state index in [1.807, 2.05) is 26.8 Å². The molecular weight excluding hydrogens is 282 g/mol. The molecule has 114 valence electrons. The maximum absolute atomic E-state index is 12.4. The first kappa shape index (κ1) is 14.3. The van der Waals surface area contributed by atoms with E-state index in [1.165, 1.54) is 0 Å². The maximum Gasteiger partial charge on any atom is 0.259 e. The van der Waals surface area contributed by atoms with Gasteiger partial charge in [0, 0.05) is 12.1 Å². The molecule has 0 aliphatic rings. The Morgan fingerprint density at radius 2 is 2.05 bits per heavy atom. The van der Waals surface area contributed by atoms with Crippen LogP contribution in [0.2, 0.25) is 0 Å². The van der Waals surface area contributed by atoms with E-state index in [0.717, 1.165) is 17.1 Å². The predicted octanol–water partition coefficient (Wildman–Crippen LogP) is 3.16. The van der Waals surface area contributed by atoms with Gasteiger partial charge in [-0.25, -0.2) is 4.98 Å². The second-order valence-electron chi connectivity index (χ2n) is 5.19. The summed E-state index contributed by atoms with van der Waals surface area (Å²) in [5.41, 5.74) is 3.00. The molecule has 6 heteroatoms. The lowest BCUT2D eigenvalue weighted by atomic mass is 10.1. The Morgan fingerprint density at radius 3 is 2.68 bits per heavy atom. The minimum atomic E-state index is -0.166. The zero-order valence-electron chi connectivity index (χ0n) is 13.0. The van der Waals surface area contributed by atoms with Gasteiger partial charge in [-0.2, -0.15) is 0 Å². The second kappa shape index (κ2) is 5.29. The van der Waals surface area contributed by atoms with E-state index in [0.29, 0.717) is 34.6 Å². The molecule has 0 saturated heterocycles. The van der Waals surface area contributed by atoms with Crippen molar-refractivity contribution in [1.29, 1.82) is 0 Å². The van der Waals surface area contributed by atoms with Crippen LogP contribution < -0.4 is 5.32 Å². The molecule has 3 aromatic rings. The fourth-order valence-corrected chi connectivity index (χ4v) is 2.55. The number of aromatic nitrogens is 2. The van der Waals surface area contributed by atoms with Gasteiger partial charge in [-0.3, -0.25) is 4.79 Å². The number of nitrogens with one attached hydrogen (secondary N) is 1. The van der Waals surface area contributed by atoms with Crippen LogP contribution in [0, 0.1) is 20.8 Å². The number of fused-ring (bicyclic) bond motifs is 1. The summed E-state index contributed by atoms with van der Waals surface area (Å²) >= 11 is 0. The highest BCUT2D eigenvalue weighted by molar-refractivity contribution is 6.07. The number of carbonyl (C=O) groups is 1. The van der Waals surface area contributed by atoms with Crippen LogP contribution in [0.5, 0.6) is 0 Å². The van der Waals surface area contributed by atoms with Gasteiger partial charge in [0.2, 0.25) is 0 Å². The Balaban J connectivity index is 2.25. The first-order chi connectivity index (χ1) is 10.5. The van der Waals surface area contributed by atoms with Crippen molar-refractivity contribution in [2.45, 2.75) is 27.7 Å². The van der Waals surface area contributed by atoms with Crippen LogP contribution in [0.25, 0.3) is 22.4 Å². The Morgan fingerprint density at radius 1 is 1.27 bits per heavy atom. The number of hydrogen-bond acceptors (Lipinski definition) is 5. The highest BCUT2D eigenvalue weighted by atomic mass is 16.5. The van der Waals surface area contributed by atoms with E-state index in [4.69, 9.17) is 8.94 Å². The third kappa shape index (κ3) is 2.26. The van der Waals surface area contributed by atoms with Crippen molar-refractivity contribution >= 4 is 17.0 Å². The quantitative estimate of drug-likeness (QED) is 0.803. The zero-order valence-corrected chi connectivity index (χ0v) is 13.0. The number of carbonyl (C=O) groups excluding carboxylic acids is 1. The molecule has 0 saturated carbocycles. The lowest BCUT2D eigenvalue weighted by Gasteiger charge is -2.06. The van der Waals surface area contributed by atoms with Gasteiger partial charge in [0.25, 0.3) is 11.6 Å². The predicted molar refractivity (Wildman–Crippen MR) is 81.7 cm³/mol. The molecule has 0 atom stereocenters. The molecule has 3 heterocycles. The molecule has 0 aliphatic heterocycles. The summed E-state index contributed by atoms with van der Waals surface area (Å²) in [4.78, 5) is 16.8. The van der Waals surface area contributed by atoms with Crippen molar-refractivity contribution in [3.63, 3.8) is 0 Å². The van der Waals surface area contributed by atoms with Gasteiger partial charge >= 0.3 is 0 Å². The normalized spacial score (nSPS) is 11.1. The maximum atomic E-state index is 12.4. The molecule has 0 aliphatic carbocycles. The van der Waals surface area contributed by atoms with Gasteiger partial charge in [-0.15, -0.1) is 0 Å². The lowest BCUT2D eigenvalue weighted by Crippen LogP contribution is -2.23. The number of aryl methyl sites for hydroxylation is 3. The van der Waals surface area contributed by atoms with Crippen LogP contribution >= 0.6 is 0 Å². The molecule has 3 rings (SSSR count). The lowest BCUT2D eigenvalue weighted by molar-refractivity contribution is 0.0957. The van der Waals surface area contributed by atoms with Crippen LogP contribution in [0.15, 0.2) is 21.1 Å². The van der Waals surface area contributed by atoms with Crippen molar-refractivity contribution in [1.82, 2.24) is 15.5 Å². The van der Waals surface area contributed by atoms with Crippen molar-refractivity contribution in [3.05, 3.63) is 34.9 Å². The molecular formula is C16H17N3O3. The third-order valence-electron chi connectivity index (χ3n) is 3.52. The number of furan rings is 1. The average Bonchev–Trinajstić information content (AvgIpc) is 3.01. The van der Waals surface area contributed by atoms with E-state index in [9.17, 15) is 4.79 Å². The Bertz CT molecular complexity index is 861. The number of nitrogens with zero attached hydrogens (tertiary/aromatic N) is 2. The van der Waals surface area contributed by atoms with Gasteiger partial charge in [-0.05, 0) is 39.8 Å². The number of hydrogen-bond donors (Lipinski definition) is 1. The van der Waals surface area contributed by atoms with E-state index < -0.39 is 0 Å². The van der Waals surface area contributed by atoms with Crippen LogP contribution in [0.1, 0.15) is 34.5 Å². The molecule has 6 nitrogen and oxygen atoms in total. The summed E-state index contributed by atoms with van der Waals surface area (Å²) in [7, 11) is 0. The number of amides is 1. The summed E-state index contributed by atoms with van der Waals surface area (Å²) in [6.07, 6.45) is 0. The summed E-state index contributed by atoms with van der Waals surface area (Å²) in [5, 5.41) is 7.38. The van der Waals surface area contributed by atoms with Crippen molar-refractivity contribution in [3.8, 4) is 11.3 Å². The monoisotopic (exact) mass is 299 g/mol. The van der Waals surface area contributed by atoms with E-state index in [2.05, 4.69) is 15.5 Å². The van der Waals surface area contributed by atoms with Gasteiger partial charge in [-0.1, -0.05) is 5.16 Å². The molecule has 22 heavy (non-hydrogen) atoms. The SMILES string of the molecule is CCNC(=O)c1cc(-c2cc(C)oc2C)nc2onc(C)c12. The summed E-state index contributed by atoms with van der Waals surface area (Å²) in [6.45, 7) is 7.96. The third-order valence-corrected chi connectivity index (χ3v) is 3.52. The number of pyridine rings is 1. The zero-order chi connectivity index (χ0) is 15.9. The smallest absolute Gasteiger partial charge is 0.259 e. The van der Waals surface area contributed by atoms with E-state index in [-0.39, 0.29) is 5.91 Å². The Hall–Kier alpha value is -2.63. The molecule has 0 fully saturated rings. The van der Waals surface area contributed by atoms with Crippen LogP contribution in [0.3, 0.4) is 0 Å². The van der Waals surface area contributed by atoms with E-state index >= 15 is 0 Å². The molecule has 0 radical (unpaired) electrons. The van der Waals surface area contributed by atoms with Crippen molar-refractivity contribution in [2.75, 3.05) is 6.54 Å². The first-order valence-electron chi connectivity index (χ1n) is 7.14. The summed E-state index contributed by atoms with van der Waals surface area (Å²) in [6, 6.07) is 3.66. The van der Waals surface area contributed by atoms with Gasteiger partial charge < -0.3 is 14.3 Å². The molecule has 0 bridgehead atoms. The fraction of sp³-hybridized carbons (Fsp3) is 0.312. The van der Waals surface area contributed by atoms with Crippen molar-refractivity contribution < 1.29 is 13.7 Å². The Labute approximate surface area is 127 Å². The number of rotatable bonds is 3. The minimum Gasteiger partial charge on any atom is -0.466 e. The molecule has 0 spiro atoms. The average molecular weight is 299 g/mol. The summed E-state index contributed by atoms with van der Waals surface area (Å²) in [5.74, 6) is 1.38. The highest BCUT2D eigenvalue weighted by Gasteiger charge is 2.20. The van der Waals surface area contributed by atoms with Gasteiger partial charge in [0.15, 0.2) is 0 Å². The topological polar surface area (TPSA) is 81.2 Å². The first-order valence-corrected chi connectivity index (χ1v) is 7.14. The fourth-order valence-electron chi connectivity index (χ4n) is 2.55. The molecule has 0 unspecified atom stereocenters. The Kier molecular flexibility index (Phi) is 3.44. The van der Waals surface area contributed by atoms with Gasteiger partial charge in [0.1, 0.15) is 11.5 Å². The minimum absolute atomic E-state index is 0.166. The van der Waals surface area contributed by atoms with Crippen LogP contribution in [-0.2, 0) is 0 Å². The standard InChI is InChI=1S/C16H17N3O3/c1-5-17-15(20)12-7-13(11-6-8(2)21-10(11)4)18-16-14(12)9(3)19-22-16/h6-7H,5H2,1-4H3,(H,17,20). The van der Waals surface area contributed by atoms with Crippen LogP contribution in [-0.4, -0.2) is 22.6 Å². The van der Waals surface area contributed by atoms with Gasteiger partial charge in [0.05, 0.1) is 22.3 Å². The van der Waals surface area contributed by atoms with E-state index in [1.54, 1.807) is 13.0 Å². The summed E-state index contributed by atoms with van der Waals surface area (Å²) < 4.78 is 10.8.